The van der Waals surface area contributed by atoms with Gasteiger partial charge in [0.05, 0.1) is 0 Å². The summed E-state index contributed by atoms with van der Waals surface area (Å²) in [6, 6.07) is 28.4. The Morgan fingerprint density at radius 2 is 1.35 bits per heavy atom. The minimum Gasteiger partial charge on any atom is -0.320 e. The lowest BCUT2D eigenvalue weighted by molar-refractivity contribution is 0.571. The molecule has 0 unspecified atom stereocenters. The van der Waals surface area contributed by atoms with Gasteiger partial charge >= 0.3 is 0 Å². The number of hydrogen-bond acceptors (Lipinski definition) is 4. The largest absolute Gasteiger partial charge is 0.320 e. The maximum atomic E-state index is 4.96. The summed E-state index contributed by atoms with van der Waals surface area (Å²) in [4.78, 5) is 14.8. The maximum Gasteiger partial charge on any atom is 0.164 e. The Hall–Kier alpha value is -5.65. The van der Waals surface area contributed by atoms with Crippen LogP contribution in [0.1, 0.15) is 45.4 Å². The van der Waals surface area contributed by atoms with Gasteiger partial charge in [-0.2, -0.15) is 0 Å². The van der Waals surface area contributed by atoms with Gasteiger partial charge in [-0.3, -0.25) is 0 Å². The molecule has 0 spiro atoms. The van der Waals surface area contributed by atoms with Crippen molar-refractivity contribution in [2.24, 2.45) is 5.41 Å². The first kappa shape index (κ1) is 36.6. The summed E-state index contributed by atoms with van der Waals surface area (Å²) in [7, 11) is 1.93. The molecule has 0 saturated carbocycles. The van der Waals surface area contributed by atoms with E-state index < -0.39 is 0 Å². The highest BCUT2D eigenvalue weighted by atomic mass is 15.0. The molecule has 0 fully saturated rings. The second kappa shape index (κ2) is 16.4. The first-order chi connectivity index (χ1) is 24.6. The minimum absolute atomic E-state index is 0.101. The Bertz CT molecular complexity index is 2170. The molecule has 3 aromatic carbocycles. The van der Waals surface area contributed by atoms with Crippen LogP contribution in [0.15, 0.2) is 139 Å². The number of nitrogens with one attached hydrogen (secondary N) is 1. The maximum absolute atomic E-state index is 4.96. The lowest BCUT2D eigenvalue weighted by Crippen LogP contribution is -2.27. The predicted octanol–water partition coefficient (Wildman–Crippen LogP) is 9.45. The number of rotatable bonds is 9. The number of aromatic nitrogens is 4. The molecule has 0 amide bonds. The molecule has 1 aliphatic rings. The minimum atomic E-state index is -0.101. The van der Waals surface area contributed by atoms with Crippen molar-refractivity contribution in [1.29, 1.82) is 0 Å². The van der Waals surface area contributed by atoms with Crippen LogP contribution in [0, 0.1) is 12.3 Å². The van der Waals surface area contributed by atoms with Crippen LogP contribution in [0.2, 0.25) is 0 Å². The van der Waals surface area contributed by atoms with Crippen molar-refractivity contribution in [3.05, 3.63) is 161 Å². The molecule has 1 aliphatic carbocycles. The number of hydrogen-bond donors (Lipinski definition) is 1. The summed E-state index contributed by atoms with van der Waals surface area (Å²) in [5.74, 6) is 1.89. The molecule has 0 radical (unpaired) electrons. The van der Waals surface area contributed by atoms with Crippen LogP contribution in [0.5, 0.6) is 0 Å². The molecular weight excluding hydrogens is 623 g/mol. The van der Waals surface area contributed by atoms with Gasteiger partial charge in [0.25, 0.3) is 0 Å². The van der Waals surface area contributed by atoms with Crippen molar-refractivity contribution in [3.8, 4) is 39.9 Å². The van der Waals surface area contributed by atoms with E-state index in [9.17, 15) is 0 Å². The second-order valence-electron chi connectivity index (χ2n) is 13.2. The summed E-state index contributed by atoms with van der Waals surface area (Å²) in [6.07, 6.45) is 13.3. The van der Waals surface area contributed by atoms with Gasteiger partial charge in [0, 0.05) is 49.6 Å². The smallest absolute Gasteiger partial charge is 0.164 e. The Labute approximate surface area is 303 Å². The highest BCUT2D eigenvalue weighted by Gasteiger charge is 2.34. The molecule has 5 aromatic rings. The molecule has 0 atom stereocenters. The number of nitrogens with zero attached hydrogens (tertiary/aromatic N) is 4. The van der Waals surface area contributed by atoms with E-state index in [-0.39, 0.29) is 5.41 Å². The Morgan fingerprint density at radius 1 is 0.804 bits per heavy atom. The van der Waals surface area contributed by atoms with Crippen LogP contribution in [-0.4, -0.2) is 33.1 Å². The van der Waals surface area contributed by atoms with E-state index in [4.69, 9.17) is 15.0 Å². The molecule has 5 heteroatoms. The van der Waals surface area contributed by atoms with Gasteiger partial charge in [0.1, 0.15) is 0 Å². The van der Waals surface area contributed by atoms with E-state index in [0.29, 0.717) is 17.5 Å². The van der Waals surface area contributed by atoms with Gasteiger partial charge in [0.15, 0.2) is 17.5 Å². The van der Waals surface area contributed by atoms with E-state index in [1.54, 1.807) is 0 Å². The Balaban J connectivity index is 0.00000120. The molecule has 2 aromatic heterocycles. The highest BCUT2D eigenvalue weighted by Crippen LogP contribution is 2.48. The van der Waals surface area contributed by atoms with E-state index in [1.165, 1.54) is 16.7 Å². The van der Waals surface area contributed by atoms with Crippen LogP contribution >= 0.6 is 0 Å². The molecule has 0 saturated heterocycles. The first-order valence-electron chi connectivity index (χ1n) is 17.5. The van der Waals surface area contributed by atoms with Gasteiger partial charge in [-0.25, -0.2) is 15.0 Å². The molecule has 0 bridgehead atoms. The Kier molecular flexibility index (Phi) is 11.8. The predicted molar refractivity (Wildman–Crippen MR) is 218 cm³/mol. The van der Waals surface area contributed by atoms with Crippen molar-refractivity contribution in [2.45, 2.75) is 41.0 Å². The average Bonchev–Trinajstić information content (AvgIpc) is 3.52. The summed E-state index contributed by atoms with van der Waals surface area (Å²) in [5, 5.41) is 4.90. The molecular formula is C46H49N5. The summed E-state index contributed by atoms with van der Waals surface area (Å²) in [6.45, 7) is 24.6. The zero-order valence-corrected chi connectivity index (χ0v) is 30.9. The Morgan fingerprint density at radius 3 is 1.88 bits per heavy atom. The van der Waals surface area contributed by atoms with Crippen LogP contribution in [0.4, 0.5) is 0 Å². The highest BCUT2D eigenvalue weighted by molar-refractivity contribution is 5.69. The third kappa shape index (κ3) is 7.90. The summed E-state index contributed by atoms with van der Waals surface area (Å²) >= 11 is 0. The lowest BCUT2D eigenvalue weighted by Gasteiger charge is -2.24. The van der Waals surface area contributed by atoms with Gasteiger partial charge in [0.2, 0.25) is 0 Å². The van der Waals surface area contributed by atoms with E-state index in [2.05, 4.69) is 107 Å². The van der Waals surface area contributed by atoms with Gasteiger partial charge in [-0.15, -0.1) is 0 Å². The molecule has 1 N–H and O–H groups in total. The average molecular weight is 672 g/mol. The van der Waals surface area contributed by atoms with Crippen molar-refractivity contribution in [1.82, 2.24) is 24.8 Å². The lowest BCUT2D eigenvalue weighted by atomic mass is 9.80. The second-order valence-corrected chi connectivity index (χ2v) is 13.2. The first-order valence-corrected chi connectivity index (χ1v) is 17.5. The fraction of sp³-hybridized carbons (Fsp3) is 0.196. The zero-order valence-electron chi connectivity index (χ0n) is 30.9. The SMILES string of the molecule is C=C/C=C\C1=C(C)C/C(=C\c2c(C)n(-c3cccc(-c4nc(-c5ccccc5)nc(-c5ccccc5)n4)c3)c(=C)/c2=C\C=C)C1(C)C.CCNC. The fourth-order valence-corrected chi connectivity index (χ4v) is 6.58. The van der Waals surface area contributed by atoms with Gasteiger partial charge < -0.3 is 9.88 Å². The van der Waals surface area contributed by atoms with Crippen LogP contribution in [-0.2, 0) is 0 Å². The van der Waals surface area contributed by atoms with Gasteiger partial charge in [-0.1, -0.05) is 161 Å². The number of allylic oxidation sites excluding steroid dienone is 7. The molecule has 0 aliphatic heterocycles. The summed E-state index contributed by atoms with van der Waals surface area (Å²) < 4.78 is 2.23. The topological polar surface area (TPSA) is 55.6 Å². The van der Waals surface area contributed by atoms with Crippen molar-refractivity contribution in [2.75, 3.05) is 13.6 Å². The molecule has 51 heavy (non-hydrogen) atoms. The third-order valence-electron chi connectivity index (χ3n) is 9.41. The molecule has 5 nitrogen and oxygen atoms in total. The molecule has 6 rings (SSSR count). The fourth-order valence-electron chi connectivity index (χ4n) is 6.58. The summed E-state index contributed by atoms with van der Waals surface area (Å²) in [5.41, 5.74) is 10.0. The third-order valence-corrected chi connectivity index (χ3v) is 9.41. The van der Waals surface area contributed by atoms with E-state index >= 15 is 0 Å². The van der Waals surface area contributed by atoms with E-state index in [0.717, 1.165) is 57.2 Å². The molecule has 258 valence electrons. The monoisotopic (exact) mass is 671 g/mol. The van der Waals surface area contributed by atoms with Crippen LogP contribution < -0.4 is 15.9 Å². The molecule has 2 heterocycles. The van der Waals surface area contributed by atoms with Crippen molar-refractivity contribution in [3.63, 3.8) is 0 Å². The van der Waals surface area contributed by atoms with Crippen molar-refractivity contribution >= 4 is 18.7 Å². The van der Waals surface area contributed by atoms with Crippen LogP contribution in [0.25, 0.3) is 58.6 Å². The van der Waals surface area contributed by atoms with E-state index in [1.807, 2.05) is 85.9 Å². The van der Waals surface area contributed by atoms with Crippen molar-refractivity contribution < 1.29 is 0 Å². The quantitative estimate of drug-likeness (QED) is 0.159. The standard InChI is InChI=1S/C43H40N4.C3H9N/c1-8-10-25-39-29(3)26-35(43(39,6)7)28-38-31(5)47(30(4)37(38)18-9-2)36-24-17-23-34(27-36)42-45-40(32-19-13-11-14-20-32)44-41(46-42)33-21-15-12-16-22-33;1-3-4-2/h8-25,27-28H,1-2,4,26H2,3,5-7H3;4H,3H2,1-2H3/b25-10-,35-28+,37-18+;. The van der Waals surface area contributed by atoms with Gasteiger partial charge in [-0.05, 0) is 51.6 Å². The number of benzene rings is 3. The zero-order chi connectivity index (χ0) is 36.5. The van der Waals surface area contributed by atoms with Crippen LogP contribution in [0.3, 0.4) is 0 Å². The normalized spacial score (nSPS) is 14.9.